The Balaban J connectivity index is 1.26. The number of nitrogens with two attached hydrogens (primary N) is 2. The third-order valence-electron chi connectivity index (χ3n) is 6.55. The van der Waals surface area contributed by atoms with Gasteiger partial charge in [-0.1, -0.05) is 47.5 Å². The van der Waals surface area contributed by atoms with Crippen molar-refractivity contribution in [3.8, 4) is 11.1 Å². The average molecular weight is 584 g/mol. The van der Waals surface area contributed by atoms with Crippen molar-refractivity contribution in [1.29, 1.82) is 0 Å². The van der Waals surface area contributed by atoms with Crippen molar-refractivity contribution in [2.75, 3.05) is 0 Å². The van der Waals surface area contributed by atoms with Crippen molar-refractivity contribution in [3.63, 3.8) is 0 Å². The van der Waals surface area contributed by atoms with Gasteiger partial charge in [0.15, 0.2) is 0 Å². The number of nitrogens with zero attached hydrogens (tertiary/aromatic N) is 4. The molecule has 0 spiro atoms. The van der Waals surface area contributed by atoms with E-state index in [4.69, 9.17) is 34.7 Å². The molecule has 0 unspecified atom stereocenters. The highest BCUT2D eigenvalue weighted by molar-refractivity contribution is 6.30. The van der Waals surface area contributed by atoms with Gasteiger partial charge in [0.25, 0.3) is 0 Å². The molecule has 0 bridgehead atoms. The van der Waals surface area contributed by atoms with Crippen molar-refractivity contribution in [3.05, 3.63) is 117 Å². The summed E-state index contributed by atoms with van der Waals surface area (Å²) in [5, 5.41) is 10.1. The zero-order valence-electron chi connectivity index (χ0n) is 22.5. The molecular formula is C31H28Cl2N8. The third-order valence-corrected chi connectivity index (χ3v) is 7.05. The first-order chi connectivity index (χ1) is 19.7. The van der Waals surface area contributed by atoms with Gasteiger partial charge in [0.05, 0.1) is 22.8 Å². The van der Waals surface area contributed by atoms with Crippen LogP contribution in [0.25, 0.3) is 11.1 Å². The summed E-state index contributed by atoms with van der Waals surface area (Å²) in [4.78, 5) is 8.61. The van der Waals surface area contributed by atoms with Gasteiger partial charge in [-0.05, 0) is 114 Å². The van der Waals surface area contributed by atoms with Gasteiger partial charge in [0.1, 0.15) is 0 Å². The number of hydrazone groups is 2. The number of aliphatic imine (C=N–C) groups is 2. The van der Waals surface area contributed by atoms with Gasteiger partial charge < -0.3 is 11.5 Å². The molecule has 4 aromatic rings. The van der Waals surface area contributed by atoms with E-state index in [1.54, 1.807) is 48.5 Å². The summed E-state index contributed by atoms with van der Waals surface area (Å²) in [7, 11) is 0. The van der Waals surface area contributed by atoms with Crippen LogP contribution >= 0.6 is 23.2 Å². The second kappa shape index (κ2) is 12.2. The molecule has 0 amide bonds. The molecule has 1 aliphatic carbocycles. The summed E-state index contributed by atoms with van der Waals surface area (Å²) < 4.78 is 0. The zero-order chi connectivity index (χ0) is 28.9. The normalized spacial score (nSPS) is 13.6. The monoisotopic (exact) mass is 582 g/mol. The highest BCUT2D eigenvalue weighted by Gasteiger charge is 2.20. The Morgan fingerprint density at radius 3 is 1.39 bits per heavy atom. The van der Waals surface area contributed by atoms with E-state index in [-0.39, 0.29) is 11.9 Å². The predicted molar refractivity (Wildman–Crippen MR) is 171 cm³/mol. The smallest absolute Gasteiger partial charge is 0.214 e. The van der Waals surface area contributed by atoms with Crippen LogP contribution in [0.15, 0.2) is 105 Å². The molecule has 41 heavy (non-hydrogen) atoms. The third kappa shape index (κ3) is 6.92. The van der Waals surface area contributed by atoms with Gasteiger partial charge in [-0.25, -0.2) is 20.8 Å². The van der Waals surface area contributed by atoms with Crippen LogP contribution in [0.3, 0.4) is 0 Å². The second-order valence-electron chi connectivity index (χ2n) is 9.49. The van der Waals surface area contributed by atoms with Crippen molar-refractivity contribution >= 4 is 57.9 Å². The van der Waals surface area contributed by atoms with E-state index in [1.165, 1.54) is 22.3 Å². The van der Waals surface area contributed by atoms with Crippen LogP contribution in [-0.4, -0.2) is 23.3 Å². The maximum atomic E-state index is 6.00. The molecule has 206 valence electrons. The van der Waals surface area contributed by atoms with Crippen molar-refractivity contribution in [2.45, 2.75) is 20.3 Å². The molecule has 5 rings (SSSR count). The van der Waals surface area contributed by atoms with Gasteiger partial charge in [0.2, 0.25) is 11.9 Å². The first-order valence-corrected chi connectivity index (χ1v) is 13.6. The summed E-state index contributed by atoms with van der Waals surface area (Å²) in [6.45, 7) is 3.86. The summed E-state index contributed by atoms with van der Waals surface area (Å²) in [6.07, 6.45) is 0.814. The van der Waals surface area contributed by atoms with Crippen molar-refractivity contribution < 1.29 is 0 Å². The number of hydrogen-bond acceptors (Lipinski definition) is 4. The highest BCUT2D eigenvalue weighted by Crippen LogP contribution is 2.37. The fraction of sp³-hybridized carbons (Fsp3) is 0.0968. The van der Waals surface area contributed by atoms with Crippen LogP contribution < -0.4 is 22.3 Å². The quantitative estimate of drug-likeness (QED) is 0.104. The molecule has 0 aliphatic heterocycles. The van der Waals surface area contributed by atoms with Gasteiger partial charge in [-0.15, -0.1) is 0 Å². The van der Waals surface area contributed by atoms with E-state index in [0.717, 1.165) is 29.0 Å². The Morgan fingerprint density at radius 1 is 0.610 bits per heavy atom. The molecule has 10 heteroatoms. The van der Waals surface area contributed by atoms with Crippen LogP contribution in [-0.2, 0) is 6.42 Å². The Bertz CT molecular complexity index is 1580. The lowest BCUT2D eigenvalue weighted by Crippen LogP contribution is -2.27. The van der Waals surface area contributed by atoms with Crippen LogP contribution in [0.2, 0.25) is 10.0 Å². The van der Waals surface area contributed by atoms with Gasteiger partial charge in [0, 0.05) is 10.0 Å². The first kappa shape index (κ1) is 27.9. The molecule has 0 heterocycles. The van der Waals surface area contributed by atoms with Gasteiger partial charge in [-0.2, -0.15) is 10.2 Å². The van der Waals surface area contributed by atoms with E-state index < -0.39 is 0 Å². The lowest BCUT2D eigenvalue weighted by atomic mass is 10.0. The minimum atomic E-state index is 0.192. The summed E-state index contributed by atoms with van der Waals surface area (Å²) in [6, 6.07) is 26.9. The highest BCUT2D eigenvalue weighted by atomic mass is 35.5. The number of guanidine groups is 2. The van der Waals surface area contributed by atoms with Crippen molar-refractivity contribution in [1.82, 2.24) is 10.9 Å². The molecule has 0 radical (unpaired) electrons. The minimum absolute atomic E-state index is 0.192. The largest absolute Gasteiger partial charge is 0.368 e. The van der Waals surface area contributed by atoms with Gasteiger partial charge in [-0.3, -0.25) is 0 Å². The lowest BCUT2D eigenvalue weighted by molar-refractivity contribution is 1.00. The van der Waals surface area contributed by atoms with E-state index in [2.05, 4.69) is 67.4 Å². The molecule has 0 atom stereocenters. The Labute approximate surface area is 248 Å². The lowest BCUT2D eigenvalue weighted by Gasteiger charge is -2.07. The Morgan fingerprint density at radius 2 is 1.00 bits per heavy atom. The number of hydrogen-bond donors (Lipinski definition) is 4. The molecule has 8 nitrogen and oxygen atoms in total. The molecule has 0 fully saturated rings. The van der Waals surface area contributed by atoms with E-state index in [0.29, 0.717) is 21.4 Å². The SMILES string of the molecule is C/C(=N\NC(N)=Nc1ccc(Cl)cc1)c1ccc2c(c1)Cc1cc(/C(C)=N/NC(N)=Nc3ccc(Cl)cc3)ccc1-2. The number of rotatable bonds is 6. The summed E-state index contributed by atoms with van der Waals surface area (Å²) in [5.74, 6) is 0.384. The van der Waals surface area contributed by atoms with Crippen LogP contribution in [0, 0.1) is 0 Å². The summed E-state index contributed by atoms with van der Waals surface area (Å²) >= 11 is 11.8. The molecule has 1 aliphatic rings. The molecule has 4 aromatic carbocycles. The summed E-state index contributed by atoms with van der Waals surface area (Å²) in [5.41, 5.74) is 27.5. The number of fused-ring (bicyclic) bond motifs is 3. The van der Waals surface area contributed by atoms with Gasteiger partial charge >= 0.3 is 0 Å². The maximum Gasteiger partial charge on any atom is 0.214 e. The Hall–Kier alpha value is -4.66. The first-order valence-electron chi connectivity index (χ1n) is 12.8. The molecule has 0 saturated heterocycles. The van der Waals surface area contributed by atoms with Crippen LogP contribution in [0.5, 0.6) is 0 Å². The molecule has 0 saturated carbocycles. The fourth-order valence-electron chi connectivity index (χ4n) is 4.43. The molecular weight excluding hydrogens is 555 g/mol. The standard InChI is InChI=1S/C31H28Cl2N8/c1-18(38-40-30(34)36-26-9-5-24(32)6-10-26)20-3-13-28-22(15-20)17-23-16-21(4-14-29(23)28)19(2)39-41-31(35)37-27-11-7-25(33)8-12-27/h3-16H,17H2,1-2H3,(H3,34,36,40)(H3,35,37,41)/b38-18+,39-19+. The van der Waals surface area contributed by atoms with Crippen molar-refractivity contribution in [2.24, 2.45) is 31.7 Å². The number of nitrogens with one attached hydrogen (secondary N) is 2. The van der Waals surface area contributed by atoms with Crippen LogP contribution in [0.1, 0.15) is 36.1 Å². The average Bonchev–Trinajstić information content (AvgIpc) is 3.34. The molecule has 6 N–H and O–H groups in total. The second-order valence-corrected chi connectivity index (χ2v) is 10.4. The minimum Gasteiger partial charge on any atom is -0.368 e. The van der Waals surface area contributed by atoms with Crippen LogP contribution in [0.4, 0.5) is 11.4 Å². The van der Waals surface area contributed by atoms with E-state index in [1.807, 2.05) is 13.8 Å². The predicted octanol–water partition coefficient (Wildman–Crippen LogP) is 6.48. The fourth-order valence-corrected chi connectivity index (χ4v) is 4.68. The Kier molecular flexibility index (Phi) is 8.33. The number of halogens is 2. The number of benzene rings is 4. The van der Waals surface area contributed by atoms with E-state index in [9.17, 15) is 0 Å². The molecule has 0 aromatic heterocycles. The maximum absolute atomic E-state index is 6.00. The van der Waals surface area contributed by atoms with E-state index >= 15 is 0 Å². The topological polar surface area (TPSA) is 126 Å². The zero-order valence-corrected chi connectivity index (χ0v) is 24.0.